The van der Waals surface area contributed by atoms with Crippen molar-refractivity contribution in [3.63, 3.8) is 0 Å². The molecule has 0 unspecified atom stereocenters. The molecule has 0 bridgehead atoms. The Kier molecular flexibility index (Phi) is 5.49. The van der Waals surface area contributed by atoms with Gasteiger partial charge in [0.05, 0.1) is 0 Å². The molecule has 1 aliphatic rings. The van der Waals surface area contributed by atoms with Crippen molar-refractivity contribution >= 4 is 42.8 Å². The molecular weight excluding hydrogens is 388 g/mol. The Bertz CT molecular complexity index is 1070. The summed E-state index contributed by atoms with van der Waals surface area (Å²) in [6, 6.07) is 14.8. The lowest BCUT2D eigenvalue weighted by Gasteiger charge is -2.02. The summed E-state index contributed by atoms with van der Waals surface area (Å²) in [5.41, 5.74) is 6.01. The predicted molar refractivity (Wildman–Crippen MR) is 132 cm³/mol. The molecule has 0 aliphatic heterocycles. The molecule has 2 heteroatoms. The molecule has 0 amide bonds. The summed E-state index contributed by atoms with van der Waals surface area (Å²) in [6.07, 6.45) is 11.5. The Morgan fingerprint density at radius 2 is 1.10 bits per heavy atom. The third-order valence-electron chi connectivity index (χ3n) is 6.31. The van der Waals surface area contributed by atoms with E-state index < -0.39 is 0 Å². The summed E-state index contributed by atoms with van der Waals surface area (Å²) in [6.45, 7) is 4.57. The number of benzene rings is 2. The van der Waals surface area contributed by atoms with Crippen LogP contribution in [0.1, 0.15) is 73.3 Å². The molecule has 0 fully saturated rings. The predicted octanol–water partition coefficient (Wildman–Crippen LogP) is 9.15. The van der Waals surface area contributed by atoms with Crippen LogP contribution in [0.3, 0.4) is 0 Å². The first-order chi connectivity index (χ1) is 14.2. The molecule has 0 radical (unpaired) electrons. The molecule has 0 N–H and O–H groups in total. The van der Waals surface area contributed by atoms with Crippen LogP contribution in [0, 0.1) is 0 Å². The van der Waals surface area contributed by atoms with E-state index in [1.807, 2.05) is 22.7 Å². The van der Waals surface area contributed by atoms with Gasteiger partial charge < -0.3 is 0 Å². The summed E-state index contributed by atoms with van der Waals surface area (Å²) >= 11 is 4.02. The number of rotatable bonds is 8. The van der Waals surface area contributed by atoms with Gasteiger partial charge in [0.2, 0.25) is 0 Å². The number of hydrogen-bond acceptors (Lipinski definition) is 2. The van der Waals surface area contributed by atoms with Gasteiger partial charge in [0.15, 0.2) is 0 Å². The SMILES string of the molecule is CCCCCc1cc2cc3c(cc2s1)-c1cc2sc(CCCCC)cc2cc1C3. The minimum absolute atomic E-state index is 1.10. The van der Waals surface area contributed by atoms with E-state index in [0.717, 1.165) is 6.42 Å². The van der Waals surface area contributed by atoms with Gasteiger partial charge in [-0.15, -0.1) is 22.7 Å². The van der Waals surface area contributed by atoms with Crippen LogP contribution in [0.25, 0.3) is 31.3 Å². The highest BCUT2D eigenvalue weighted by molar-refractivity contribution is 7.19. The first kappa shape index (κ1) is 19.3. The molecule has 2 aromatic carbocycles. The zero-order chi connectivity index (χ0) is 19.8. The van der Waals surface area contributed by atoms with Crippen molar-refractivity contribution in [3.05, 3.63) is 57.3 Å². The second kappa shape index (κ2) is 8.24. The van der Waals surface area contributed by atoms with Crippen molar-refractivity contribution in [3.8, 4) is 11.1 Å². The van der Waals surface area contributed by atoms with E-state index in [0.29, 0.717) is 0 Å². The Morgan fingerprint density at radius 1 is 0.621 bits per heavy atom. The summed E-state index contributed by atoms with van der Waals surface area (Å²) in [5, 5.41) is 2.90. The summed E-state index contributed by atoms with van der Waals surface area (Å²) in [4.78, 5) is 3.12. The maximum absolute atomic E-state index is 2.48. The smallest absolute Gasteiger partial charge is 0.0352 e. The van der Waals surface area contributed by atoms with Crippen molar-refractivity contribution in [2.45, 2.75) is 71.6 Å². The Hall–Kier alpha value is -1.64. The zero-order valence-electron chi connectivity index (χ0n) is 17.6. The average Bonchev–Trinajstić information content (AvgIpc) is 3.38. The van der Waals surface area contributed by atoms with Crippen LogP contribution in [0.15, 0.2) is 36.4 Å². The number of thiophene rings is 2. The Labute approximate surface area is 182 Å². The van der Waals surface area contributed by atoms with Crippen LogP contribution < -0.4 is 0 Å². The van der Waals surface area contributed by atoms with E-state index in [-0.39, 0.29) is 0 Å². The van der Waals surface area contributed by atoms with Gasteiger partial charge in [0.1, 0.15) is 0 Å². The summed E-state index contributed by atoms with van der Waals surface area (Å²) in [7, 11) is 0. The van der Waals surface area contributed by atoms with Gasteiger partial charge in [-0.1, -0.05) is 39.5 Å². The van der Waals surface area contributed by atoms with Crippen molar-refractivity contribution in [2.24, 2.45) is 0 Å². The fourth-order valence-electron chi connectivity index (χ4n) is 4.72. The van der Waals surface area contributed by atoms with Crippen LogP contribution in [0.4, 0.5) is 0 Å². The highest BCUT2D eigenvalue weighted by atomic mass is 32.1. The minimum atomic E-state index is 1.10. The van der Waals surface area contributed by atoms with E-state index in [9.17, 15) is 0 Å². The largest absolute Gasteiger partial charge is 0.140 e. The molecule has 5 rings (SSSR count). The fraction of sp³-hybridized carbons (Fsp3) is 0.407. The van der Waals surface area contributed by atoms with Gasteiger partial charge >= 0.3 is 0 Å². The molecule has 0 spiro atoms. The van der Waals surface area contributed by atoms with E-state index >= 15 is 0 Å². The topological polar surface area (TPSA) is 0 Å². The number of unbranched alkanes of at least 4 members (excludes halogenated alkanes) is 4. The van der Waals surface area contributed by atoms with Crippen molar-refractivity contribution < 1.29 is 0 Å². The first-order valence-electron chi connectivity index (χ1n) is 11.4. The van der Waals surface area contributed by atoms with E-state index in [1.54, 1.807) is 9.75 Å². The van der Waals surface area contributed by atoms with Gasteiger partial charge in [0.25, 0.3) is 0 Å². The Morgan fingerprint density at radius 3 is 1.55 bits per heavy atom. The number of fused-ring (bicyclic) bond motifs is 5. The molecule has 1 aliphatic carbocycles. The molecule has 2 aromatic heterocycles. The summed E-state index contributed by atoms with van der Waals surface area (Å²) in [5.74, 6) is 0. The molecule has 2 heterocycles. The second-order valence-corrected chi connectivity index (χ2v) is 10.9. The Balaban J connectivity index is 1.46. The maximum Gasteiger partial charge on any atom is 0.0352 e. The fourth-order valence-corrected chi connectivity index (χ4v) is 6.98. The van der Waals surface area contributed by atoms with Gasteiger partial charge in [0, 0.05) is 19.2 Å². The normalized spacial score (nSPS) is 12.8. The highest BCUT2D eigenvalue weighted by Crippen LogP contribution is 2.44. The molecular formula is C27H30S2. The standard InChI is InChI=1S/C27H30S2/c1-3-5-7-9-22-14-20-12-18-11-19-13-21-15-23(10-8-6-4-2)29-27(21)17-25(19)24(18)16-26(20)28-22/h12-17H,3-11H2,1-2H3. The highest BCUT2D eigenvalue weighted by Gasteiger charge is 2.21. The van der Waals surface area contributed by atoms with Crippen LogP contribution in [-0.2, 0) is 19.3 Å². The van der Waals surface area contributed by atoms with Crippen LogP contribution in [0.5, 0.6) is 0 Å². The quantitative estimate of drug-likeness (QED) is 0.220. The lowest BCUT2D eigenvalue weighted by molar-refractivity contribution is 0.723. The van der Waals surface area contributed by atoms with Crippen LogP contribution >= 0.6 is 22.7 Å². The van der Waals surface area contributed by atoms with E-state index in [2.05, 4.69) is 50.2 Å². The molecule has 0 saturated heterocycles. The molecule has 0 saturated carbocycles. The third kappa shape index (κ3) is 3.78. The lowest BCUT2D eigenvalue weighted by atomic mass is 10.0. The van der Waals surface area contributed by atoms with Crippen molar-refractivity contribution in [1.29, 1.82) is 0 Å². The van der Waals surface area contributed by atoms with Gasteiger partial charge in [-0.3, -0.25) is 0 Å². The first-order valence-corrected chi connectivity index (χ1v) is 13.0. The van der Waals surface area contributed by atoms with Gasteiger partial charge in [-0.05, 0) is 102 Å². The van der Waals surface area contributed by atoms with Crippen molar-refractivity contribution in [2.75, 3.05) is 0 Å². The van der Waals surface area contributed by atoms with Gasteiger partial charge in [-0.2, -0.15) is 0 Å². The number of aryl methyl sites for hydroxylation is 2. The van der Waals surface area contributed by atoms with Gasteiger partial charge in [-0.25, -0.2) is 0 Å². The average molecular weight is 419 g/mol. The third-order valence-corrected chi connectivity index (χ3v) is 8.63. The second-order valence-electron chi connectivity index (χ2n) is 8.61. The molecule has 0 atom stereocenters. The van der Waals surface area contributed by atoms with Crippen LogP contribution in [-0.4, -0.2) is 0 Å². The number of hydrogen-bond donors (Lipinski definition) is 0. The molecule has 0 nitrogen and oxygen atoms in total. The molecule has 4 aromatic rings. The monoisotopic (exact) mass is 418 g/mol. The molecule has 29 heavy (non-hydrogen) atoms. The van der Waals surface area contributed by atoms with Crippen molar-refractivity contribution in [1.82, 2.24) is 0 Å². The lowest BCUT2D eigenvalue weighted by Crippen LogP contribution is -1.80. The van der Waals surface area contributed by atoms with E-state index in [4.69, 9.17) is 0 Å². The molecule has 150 valence electrons. The zero-order valence-corrected chi connectivity index (χ0v) is 19.3. The summed E-state index contributed by atoms with van der Waals surface area (Å²) < 4.78 is 2.93. The van der Waals surface area contributed by atoms with E-state index in [1.165, 1.54) is 93.8 Å². The maximum atomic E-state index is 2.48. The minimum Gasteiger partial charge on any atom is -0.140 e. The van der Waals surface area contributed by atoms with Crippen LogP contribution in [0.2, 0.25) is 0 Å².